The second kappa shape index (κ2) is 8.72. The fraction of sp³-hybridized carbons (Fsp3) is 0.600. The molecule has 0 saturated heterocycles. The van der Waals surface area contributed by atoms with Gasteiger partial charge in [0.05, 0.1) is 13.5 Å². The monoisotopic (exact) mass is 275 g/mol. The van der Waals surface area contributed by atoms with Crippen molar-refractivity contribution in [2.45, 2.75) is 19.4 Å². The molecular weight excluding hydrogens is 258 g/mol. The fourth-order valence-electron chi connectivity index (χ4n) is 1.07. The summed E-state index contributed by atoms with van der Waals surface area (Å²) in [4.78, 5) is 43.6. The van der Waals surface area contributed by atoms with Crippen LogP contribution in [0.3, 0.4) is 0 Å². The lowest BCUT2D eigenvalue weighted by molar-refractivity contribution is -0.147. The van der Waals surface area contributed by atoms with Gasteiger partial charge >= 0.3 is 18.0 Å². The van der Waals surface area contributed by atoms with Crippen LogP contribution >= 0.6 is 0 Å². The van der Waals surface area contributed by atoms with E-state index in [1.165, 1.54) is 6.92 Å². The lowest BCUT2D eigenvalue weighted by Gasteiger charge is -2.14. The maximum atomic E-state index is 11.3. The molecule has 0 aliphatic rings. The second-order valence-corrected chi connectivity index (χ2v) is 3.55. The van der Waals surface area contributed by atoms with E-state index in [1.54, 1.807) is 0 Å². The molecule has 19 heavy (non-hydrogen) atoms. The predicted molar refractivity (Wildman–Crippen MR) is 63.3 cm³/mol. The number of aliphatic carboxylic acids is 1. The average Bonchev–Trinajstić information content (AvgIpc) is 2.33. The minimum atomic E-state index is -1.37. The third kappa shape index (κ3) is 8.41. The molecule has 108 valence electrons. The average molecular weight is 275 g/mol. The molecule has 0 fully saturated rings. The topological polar surface area (TPSA) is 134 Å². The molecule has 0 aromatic heterocycles. The molecule has 9 heteroatoms. The Hall–Kier alpha value is -2.32. The molecule has 0 heterocycles. The molecule has 0 aromatic rings. The van der Waals surface area contributed by atoms with Crippen molar-refractivity contribution in [3.63, 3.8) is 0 Å². The number of ether oxygens (including phenoxy) is 1. The summed E-state index contributed by atoms with van der Waals surface area (Å²) in [6.45, 7) is 1.68. The number of carboxylic acids is 1. The summed E-state index contributed by atoms with van der Waals surface area (Å²) < 4.78 is 4.32. The van der Waals surface area contributed by atoms with Gasteiger partial charge in [-0.2, -0.15) is 0 Å². The van der Waals surface area contributed by atoms with Gasteiger partial charge in [0.15, 0.2) is 0 Å². The number of rotatable bonds is 7. The largest absolute Gasteiger partial charge is 0.480 e. The van der Waals surface area contributed by atoms with Crippen LogP contribution in [0, 0.1) is 0 Å². The highest BCUT2D eigenvalue weighted by atomic mass is 16.5. The zero-order valence-corrected chi connectivity index (χ0v) is 10.7. The summed E-state index contributed by atoms with van der Waals surface area (Å²) in [7, 11) is 1.12. The van der Waals surface area contributed by atoms with Crippen LogP contribution in [0.15, 0.2) is 0 Å². The number of hydrogen-bond donors (Lipinski definition) is 4. The highest BCUT2D eigenvalue weighted by Gasteiger charge is 2.23. The Labute approximate surface area is 109 Å². The van der Waals surface area contributed by atoms with Crippen molar-refractivity contribution in [1.82, 2.24) is 16.0 Å². The summed E-state index contributed by atoms with van der Waals surface area (Å²) in [5, 5.41) is 15.7. The van der Waals surface area contributed by atoms with Crippen molar-refractivity contribution in [1.29, 1.82) is 0 Å². The smallest absolute Gasteiger partial charge is 0.326 e. The predicted octanol–water partition coefficient (Wildman–Crippen LogP) is -1.56. The zero-order valence-electron chi connectivity index (χ0n) is 10.7. The van der Waals surface area contributed by atoms with Gasteiger partial charge in [0.25, 0.3) is 0 Å². The zero-order chi connectivity index (χ0) is 14.8. The minimum absolute atomic E-state index is 0.135. The number of hydrogen-bond acceptors (Lipinski definition) is 5. The van der Waals surface area contributed by atoms with E-state index in [-0.39, 0.29) is 19.0 Å². The molecule has 0 aromatic carbocycles. The van der Waals surface area contributed by atoms with E-state index in [2.05, 4.69) is 20.7 Å². The number of esters is 1. The molecular formula is C10H17N3O6. The Morgan fingerprint density at radius 1 is 1.16 bits per heavy atom. The summed E-state index contributed by atoms with van der Waals surface area (Å²) in [6, 6.07) is -2.12. The van der Waals surface area contributed by atoms with E-state index >= 15 is 0 Å². The van der Waals surface area contributed by atoms with Gasteiger partial charge in [-0.1, -0.05) is 0 Å². The first-order chi connectivity index (χ1) is 8.86. The van der Waals surface area contributed by atoms with E-state index in [0.717, 1.165) is 7.11 Å². The highest BCUT2D eigenvalue weighted by molar-refractivity contribution is 5.86. The standard InChI is InChI=1S/C10H17N3O6/c1-6(14)11-3-4-12-10(18)13-7(9(16)17)5-8(15)19-2/h7H,3-5H2,1-2H3,(H,11,14)(H,16,17)(H2,12,13,18)/t7-/m0/s1. The number of amides is 3. The second-order valence-electron chi connectivity index (χ2n) is 3.55. The number of nitrogens with one attached hydrogen (secondary N) is 3. The molecule has 9 nitrogen and oxygen atoms in total. The van der Waals surface area contributed by atoms with Gasteiger partial charge in [-0.05, 0) is 0 Å². The number of carbonyl (C=O) groups is 4. The van der Waals surface area contributed by atoms with Crippen molar-refractivity contribution in [2.75, 3.05) is 20.2 Å². The molecule has 3 amide bonds. The highest BCUT2D eigenvalue weighted by Crippen LogP contribution is 1.94. The fourth-order valence-corrected chi connectivity index (χ4v) is 1.07. The van der Waals surface area contributed by atoms with E-state index in [0.29, 0.717) is 0 Å². The first kappa shape index (κ1) is 16.7. The summed E-state index contributed by atoms with van der Waals surface area (Å²) >= 11 is 0. The summed E-state index contributed by atoms with van der Waals surface area (Å²) in [5.74, 6) is -2.33. The molecule has 0 radical (unpaired) electrons. The molecule has 0 bridgehead atoms. The normalized spacial score (nSPS) is 11.1. The molecule has 1 atom stereocenters. The molecule has 0 spiro atoms. The van der Waals surface area contributed by atoms with Gasteiger partial charge in [0, 0.05) is 20.0 Å². The minimum Gasteiger partial charge on any atom is -0.480 e. The third-order valence-electron chi connectivity index (χ3n) is 1.99. The molecule has 0 rings (SSSR count). The summed E-state index contributed by atoms with van der Waals surface area (Å²) in [6.07, 6.45) is -0.467. The summed E-state index contributed by atoms with van der Waals surface area (Å²) in [5.41, 5.74) is 0. The van der Waals surface area contributed by atoms with Gasteiger partial charge in [0.2, 0.25) is 5.91 Å². The van der Waals surface area contributed by atoms with Crippen LogP contribution in [0.1, 0.15) is 13.3 Å². The number of urea groups is 1. The van der Waals surface area contributed by atoms with Gasteiger partial charge in [-0.3, -0.25) is 9.59 Å². The molecule has 0 unspecified atom stereocenters. The van der Waals surface area contributed by atoms with Crippen LogP contribution in [0.4, 0.5) is 4.79 Å². The number of methoxy groups -OCH3 is 1. The van der Waals surface area contributed by atoms with Crippen LogP contribution in [0.25, 0.3) is 0 Å². The van der Waals surface area contributed by atoms with Crippen molar-refractivity contribution < 1.29 is 29.0 Å². The Kier molecular flexibility index (Phi) is 7.66. The van der Waals surface area contributed by atoms with E-state index in [1.807, 2.05) is 0 Å². The van der Waals surface area contributed by atoms with E-state index in [4.69, 9.17) is 5.11 Å². The van der Waals surface area contributed by atoms with Gasteiger partial charge in [-0.25, -0.2) is 9.59 Å². The quantitative estimate of drug-likeness (QED) is 0.328. The van der Waals surface area contributed by atoms with Crippen molar-refractivity contribution in [3.8, 4) is 0 Å². The molecule has 0 saturated carbocycles. The third-order valence-corrected chi connectivity index (χ3v) is 1.99. The SMILES string of the molecule is COC(=O)C[C@H](NC(=O)NCCNC(C)=O)C(=O)O. The molecule has 4 N–H and O–H groups in total. The first-order valence-corrected chi connectivity index (χ1v) is 5.45. The van der Waals surface area contributed by atoms with Crippen LogP contribution < -0.4 is 16.0 Å². The Morgan fingerprint density at radius 2 is 1.74 bits per heavy atom. The Bertz CT molecular complexity index is 357. The Morgan fingerprint density at radius 3 is 2.21 bits per heavy atom. The van der Waals surface area contributed by atoms with Crippen LogP contribution in [0.2, 0.25) is 0 Å². The van der Waals surface area contributed by atoms with E-state index < -0.39 is 30.4 Å². The van der Waals surface area contributed by atoms with Gasteiger partial charge < -0.3 is 25.8 Å². The first-order valence-electron chi connectivity index (χ1n) is 5.45. The van der Waals surface area contributed by atoms with Crippen molar-refractivity contribution in [2.24, 2.45) is 0 Å². The van der Waals surface area contributed by atoms with Crippen LogP contribution in [0.5, 0.6) is 0 Å². The van der Waals surface area contributed by atoms with E-state index in [9.17, 15) is 19.2 Å². The number of carboxylic acid groups (broad SMARTS) is 1. The van der Waals surface area contributed by atoms with Crippen molar-refractivity contribution in [3.05, 3.63) is 0 Å². The van der Waals surface area contributed by atoms with Crippen LogP contribution in [-0.2, 0) is 19.1 Å². The molecule has 0 aliphatic carbocycles. The Balaban J connectivity index is 4.07. The number of carbonyl (C=O) groups excluding carboxylic acids is 3. The van der Waals surface area contributed by atoms with Crippen LogP contribution in [-0.4, -0.2) is 55.2 Å². The lowest BCUT2D eigenvalue weighted by atomic mass is 10.2. The van der Waals surface area contributed by atoms with Gasteiger partial charge in [-0.15, -0.1) is 0 Å². The maximum absolute atomic E-state index is 11.3. The van der Waals surface area contributed by atoms with Crippen molar-refractivity contribution >= 4 is 23.9 Å². The maximum Gasteiger partial charge on any atom is 0.326 e. The molecule has 0 aliphatic heterocycles. The van der Waals surface area contributed by atoms with Gasteiger partial charge in [0.1, 0.15) is 6.04 Å². The lowest BCUT2D eigenvalue weighted by Crippen LogP contribution is -2.48.